The number of anilines is 1. The molecule has 6 nitrogen and oxygen atoms in total. The Hall–Kier alpha value is -3.02. The standard InChI is InChI=1S/C22H30N4O2/c1-16(2)21(27)25-19-10-6-17(7-11-19)14-24-22(23-3)26(4)15-18-8-12-20(28-5)13-9-18/h6-13,16H,14-15H2,1-5H3,(H,23,24)(H,25,27). The van der Waals surface area contributed by atoms with E-state index in [4.69, 9.17) is 4.74 Å². The van der Waals surface area contributed by atoms with E-state index in [1.54, 1.807) is 14.2 Å². The number of nitrogens with zero attached hydrogens (tertiary/aromatic N) is 2. The first-order valence-electron chi connectivity index (χ1n) is 9.37. The molecule has 0 aliphatic rings. The normalized spacial score (nSPS) is 11.3. The summed E-state index contributed by atoms with van der Waals surface area (Å²) in [6.07, 6.45) is 0. The Kier molecular flexibility index (Phi) is 7.87. The molecule has 0 aliphatic heterocycles. The van der Waals surface area contributed by atoms with Gasteiger partial charge in [0, 0.05) is 38.8 Å². The lowest BCUT2D eigenvalue weighted by atomic mass is 10.1. The second-order valence-electron chi connectivity index (χ2n) is 6.95. The number of benzene rings is 2. The molecule has 0 bridgehead atoms. The molecule has 0 radical (unpaired) electrons. The molecule has 2 N–H and O–H groups in total. The van der Waals surface area contributed by atoms with Crippen molar-refractivity contribution in [3.63, 3.8) is 0 Å². The van der Waals surface area contributed by atoms with Crippen molar-refractivity contribution in [3.05, 3.63) is 59.7 Å². The highest BCUT2D eigenvalue weighted by molar-refractivity contribution is 5.92. The highest BCUT2D eigenvalue weighted by Crippen LogP contribution is 2.13. The maximum atomic E-state index is 11.8. The number of rotatable bonds is 7. The zero-order valence-electron chi connectivity index (χ0n) is 17.3. The molecule has 0 aromatic heterocycles. The summed E-state index contributed by atoms with van der Waals surface area (Å²) in [5.41, 5.74) is 3.10. The molecule has 0 unspecified atom stereocenters. The first-order chi connectivity index (χ1) is 13.4. The number of carbonyl (C=O) groups is 1. The van der Waals surface area contributed by atoms with Gasteiger partial charge in [0.25, 0.3) is 0 Å². The van der Waals surface area contributed by atoms with Gasteiger partial charge in [0.15, 0.2) is 5.96 Å². The van der Waals surface area contributed by atoms with Gasteiger partial charge >= 0.3 is 0 Å². The van der Waals surface area contributed by atoms with Crippen molar-refractivity contribution in [1.29, 1.82) is 0 Å². The average molecular weight is 383 g/mol. The molecule has 0 saturated heterocycles. The Balaban J connectivity index is 1.89. The van der Waals surface area contributed by atoms with Gasteiger partial charge in [0.2, 0.25) is 5.91 Å². The fraction of sp³-hybridized carbons (Fsp3) is 0.364. The third-order valence-corrected chi connectivity index (χ3v) is 4.35. The number of carbonyl (C=O) groups excluding carboxylic acids is 1. The third kappa shape index (κ3) is 6.30. The SMILES string of the molecule is CN=C(NCc1ccc(NC(=O)C(C)C)cc1)N(C)Cc1ccc(OC)cc1. The largest absolute Gasteiger partial charge is 0.497 e. The molecule has 150 valence electrons. The molecular weight excluding hydrogens is 352 g/mol. The highest BCUT2D eigenvalue weighted by Gasteiger charge is 2.08. The summed E-state index contributed by atoms with van der Waals surface area (Å²) in [5.74, 6) is 1.65. The van der Waals surface area contributed by atoms with Gasteiger partial charge in [-0.2, -0.15) is 0 Å². The van der Waals surface area contributed by atoms with Crippen LogP contribution in [0.3, 0.4) is 0 Å². The summed E-state index contributed by atoms with van der Waals surface area (Å²) < 4.78 is 5.20. The molecule has 2 rings (SSSR count). The van der Waals surface area contributed by atoms with Crippen LogP contribution >= 0.6 is 0 Å². The van der Waals surface area contributed by atoms with E-state index in [0.29, 0.717) is 6.54 Å². The van der Waals surface area contributed by atoms with E-state index in [2.05, 4.69) is 20.5 Å². The van der Waals surface area contributed by atoms with Crippen LogP contribution in [-0.4, -0.2) is 38.0 Å². The third-order valence-electron chi connectivity index (χ3n) is 4.35. The van der Waals surface area contributed by atoms with Crippen LogP contribution in [0.25, 0.3) is 0 Å². The quantitative estimate of drug-likeness (QED) is 0.568. The number of amides is 1. The maximum Gasteiger partial charge on any atom is 0.226 e. The summed E-state index contributed by atoms with van der Waals surface area (Å²) in [5, 5.41) is 6.27. The second-order valence-corrected chi connectivity index (χ2v) is 6.95. The molecular formula is C22H30N4O2. The van der Waals surface area contributed by atoms with Crippen LogP contribution in [-0.2, 0) is 17.9 Å². The van der Waals surface area contributed by atoms with E-state index >= 15 is 0 Å². The monoisotopic (exact) mass is 382 g/mol. The van der Waals surface area contributed by atoms with Gasteiger partial charge in [-0.15, -0.1) is 0 Å². The molecule has 2 aromatic carbocycles. The fourth-order valence-corrected chi connectivity index (χ4v) is 2.64. The predicted octanol–water partition coefficient (Wildman–Crippen LogP) is 3.50. The van der Waals surface area contributed by atoms with E-state index in [9.17, 15) is 4.79 Å². The van der Waals surface area contributed by atoms with Gasteiger partial charge in [-0.1, -0.05) is 38.1 Å². The van der Waals surface area contributed by atoms with E-state index in [0.717, 1.165) is 29.5 Å². The molecule has 0 saturated carbocycles. The predicted molar refractivity (Wildman–Crippen MR) is 115 cm³/mol. The summed E-state index contributed by atoms with van der Waals surface area (Å²) in [7, 11) is 5.44. The van der Waals surface area contributed by atoms with E-state index < -0.39 is 0 Å². The zero-order valence-corrected chi connectivity index (χ0v) is 17.3. The van der Waals surface area contributed by atoms with Crippen molar-refractivity contribution in [2.45, 2.75) is 26.9 Å². The smallest absolute Gasteiger partial charge is 0.226 e. The molecule has 28 heavy (non-hydrogen) atoms. The van der Waals surface area contributed by atoms with Crippen LogP contribution in [0.15, 0.2) is 53.5 Å². The van der Waals surface area contributed by atoms with Gasteiger partial charge < -0.3 is 20.3 Å². The van der Waals surface area contributed by atoms with Gasteiger partial charge in [0.1, 0.15) is 5.75 Å². The van der Waals surface area contributed by atoms with Crippen molar-refractivity contribution in [3.8, 4) is 5.75 Å². The van der Waals surface area contributed by atoms with E-state index in [1.807, 2.05) is 69.4 Å². The van der Waals surface area contributed by atoms with Crippen molar-refractivity contribution in [1.82, 2.24) is 10.2 Å². The van der Waals surface area contributed by atoms with Crippen LogP contribution in [0, 0.1) is 5.92 Å². The minimum Gasteiger partial charge on any atom is -0.497 e. The Morgan fingerprint density at radius 1 is 1.07 bits per heavy atom. The van der Waals surface area contributed by atoms with Crippen molar-refractivity contribution >= 4 is 17.6 Å². The van der Waals surface area contributed by atoms with Gasteiger partial charge in [-0.3, -0.25) is 9.79 Å². The van der Waals surface area contributed by atoms with E-state index in [-0.39, 0.29) is 11.8 Å². The number of hydrogen-bond donors (Lipinski definition) is 2. The topological polar surface area (TPSA) is 66.0 Å². The Labute approximate surface area is 167 Å². The molecule has 0 spiro atoms. The lowest BCUT2D eigenvalue weighted by Crippen LogP contribution is -2.38. The van der Waals surface area contributed by atoms with Crippen molar-refractivity contribution in [2.75, 3.05) is 26.5 Å². The number of nitrogens with one attached hydrogen (secondary N) is 2. The number of ether oxygens (including phenoxy) is 1. The number of aliphatic imine (C=N–C) groups is 1. The van der Waals surface area contributed by atoms with Gasteiger partial charge in [0.05, 0.1) is 7.11 Å². The molecule has 2 aromatic rings. The number of guanidine groups is 1. The van der Waals surface area contributed by atoms with E-state index in [1.165, 1.54) is 5.56 Å². The maximum absolute atomic E-state index is 11.8. The number of hydrogen-bond acceptors (Lipinski definition) is 3. The summed E-state index contributed by atoms with van der Waals surface area (Å²) in [4.78, 5) is 18.2. The molecule has 0 aliphatic carbocycles. The Morgan fingerprint density at radius 3 is 2.21 bits per heavy atom. The minimum absolute atomic E-state index is 0.0198. The molecule has 1 amide bonds. The average Bonchev–Trinajstić information content (AvgIpc) is 2.70. The molecule has 0 fully saturated rings. The Morgan fingerprint density at radius 2 is 1.68 bits per heavy atom. The lowest BCUT2D eigenvalue weighted by molar-refractivity contribution is -0.118. The van der Waals surface area contributed by atoms with Gasteiger partial charge in [-0.25, -0.2) is 0 Å². The summed E-state index contributed by atoms with van der Waals surface area (Å²) in [6.45, 7) is 5.14. The van der Waals surface area contributed by atoms with Crippen LogP contribution < -0.4 is 15.4 Å². The fourth-order valence-electron chi connectivity index (χ4n) is 2.64. The first-order valence-corrected chi connectivity index (χ1v) is 9.37. The lowest BCUT2D eigenvalue weighted by Gasteiger charge is -2.22. The highest BCUT2D eigenvalue weighted by atomic mass is 16.5. The molecule has 0 heterocycles. The van der Waals surface area contributed by atoms with Crippen molar-refractivity contribution < 1.29 is 9.53 Å². The van der Waals surface area contributed by atoms with Crippen molar-refractivity contribution in [2.24, 2.45) is 10.9 Å². The van der Waals surface area contributed by atoms with Crippen LogP contribution in [0.2, 0.25) is 0 Å². The van der Waals surface area contributed by atoms with Crippen LogP contribution in [0.4, 0.5) is 5.69 Å². The first kappa shape index (κ1) is 21.3. The second kappa shape index (κ2) is 10.3. The molecule has 0 atom stereocenters. The Bertz CT molecular complexity index is 783. The van der Waals surface area contributed by atoms with Gasteiger partial charge in [-0.05, 0) is 35.4 Å². The van der Waals surface area contributed by atoms with Crippen LogP contribution in [0.1, 0.15) is 25.0 Å². The van der Waals surface area contributed by atoms with Crippen LogP contribution in [0.5, 0.6) is 5.75 Å². The zero-order chi connectivity index (χ0) is 20.5. The molecule has 6 heteroatoms. The summed E-state index contributed by atoms with van der Waals surface area (Å²) in [6, 6.07) is 15.8. The summed E-state index contributed by atoms with van der Waals surface area (Å²) >= 11 is 0. The minimum atomic E-state index is -0.0362. The number of methoxy groups -OCH3 is 1.